The number of halogens is 4. The Kier molecular flexibility index (Phi) is 4.00. The average Bonchev–Trinajstić information content (AvgIpc) is 2.93. The molecule has 3 rings (SSSR count). The molecule has 0 fully saturated rings. The number of alkyl halides is 3. The minimum absolute atomic E-state index is 0.0140. The van der Waals surface area contributed by atoms with Crippen LogP contribution in [0.2, 0.25) is 4.34 Å². The van der Waals surface area contributed by atoms with E-state index >= 15 is 0 Å². The molecule has 0 aliphatic carbocycles. The fraction of sp³-hybridized carbons (Fsp3) is 0.214. The second-order valence-electron chi connectivity index (χ2n) is 5.00. The van der Waals surface area contributed by atoms with Crippen LogP contribution in [0.25, 0.3) is 11.0 Å². The number of fused-ring (bicyclic) bond motifs is 1. The van der Waals surface area contributed by atoms with Crippen LogP contribution in [-0.2, 0) is 19.8 Å². The predicted octanol–water partition coefficient (Wildman–Crippen LogP) is 2.88. The maximum atomic E-state index is 12.8. The summed E-state index contributed by atoms with van der Waals surface area (Å²) in [6, 6.07) is 5.06. The van der Waals surface area contributed by atoms with E-state index in [-0.39, 0.29) is 17.6 Å². The molecule has 0 amide bonds. The second-order valence-corrected chi connectivity index (χ2v) is 6.80. The van der Waals surface area contributed by atoms with Crippen molar-refractivity contribution in [3.8, 4) is 0 Å². The molecule has 3 heterocycles. The standard InChI is InChI=1S/C14H9ClF3N3O2S/c1-20-11-8(3-4-9(19-11)14(16,17)18)12(22)21(13(20)23)6-7-2-5-10(15)24-7/h2-5H,6H2,1H3. The third-order valence-corrected chi connectivity index (χ3v) is 4.64. The maximum absolute atomic E-state index is 12.8. The molecule has 5 nitrogen and oxygen atoms in total. The summed E-state index contributed by atoms with van der Waals surface area (Å²) in [7, 11) is 1.27. The van der Waals surface area contributed by atoms with Crippen molar-refractivity contribution in [2.45, 2.75) is 12.7 Å². The number of aryl methyl sites for hydroxylation is 1. The van der Waals surface area contributed by atoms with Crippen LogP contribution in [0.15, 0.2) is 33.9 Å². The SMILES string of the molecule is Cn1c(=O)n(Cc2ccc(Cl)s2)c(=O)c2ccc(C(F)(F)F)nc21. The van der Waals surface area contributed by atoms with E-state index in [1.165, 1.54) is 18.4 Å². The summed E-state index contributed by atoms with van der Waals surface area (Å²) < 4.78 is 40.7. The fourth-order valence-electron chi connectivity index (χ4n) is 2.26. The lowest BCUT2D eigenvalue weighted by Crippen LogP contribution is -2.39. The van der Waals surface area contributed by atoms with Crippen LogP contribution in [-0.4, -0.2) is 14.1 Å². The highest BCUT2D eigenvalue weighted by Crippen LogP contribution is 2.28. The first-order valence-corrected chi connectivity index (χ1v) is 7.80. The van der Waals surface area contributed by atoms with E-state index in [4.69, 9.17) is 11.6 Å². The average molecular weight is 376 g/mol. The number of rotatable bonds is 2. The molecule has 0 aromatic carbocycles. The van der Waals surface area contributed by atoms with Crippen molar-refractivity contribution in [2.24, 2.45) is 7.05 Å². The van der Waals surface area contributed by atoms with Gasteiger partial charge in [0, 0.05) is 11.9 Å². The zero-order valence-corrected chi connectivity index (χ0v) is 13.7. The van der Waals surface area contributed by atoms with Gasteiger partial charge in [-0.2, -0.15) is 13.2 Å². The van der Waals surface area contributed by atoms with Crippen LogP contribution in [0.5, 0.6) is 0 Å². The summed E-state index contributed by atoms with van der Waals surface area (Å²) in [6.45, 7) is -0.0140. The Bertz CT molecular complexity index is 1050. The Morgan fingerprint density at radius 2 is 1.92 bits per heavy atom. The van der Waals surface area contributed by atoms with Gasteiger partial charge in [-0.15, -0.1) is 11.3 Å². The van der Waals surface area contributed by atoms with Gasteiger partial charge in [0.1, 0.15) is 11.3 Å². The molecule has 0 saturated heterocycles. The predicted molar refractivity (Wildman–Crippen MR) is 84.7 cm³/mol. The monoisotopic (exact) mass is 375 g/mol. The fourth-order valence-corrected chi connectivity index (χ4v) is 3.34. The molecule has 3 aromatic rings. The van der Waals surface area contributed by atoms with Gasteiger partial charge in [-0.1, -0.05) is 11.6 Å². The van der Waals surface area contributed by atoms with Gasteiger partial charge < -0.3 is 0 Å². The molecule has 3 aromatic heterocycles. The first-order chi connectivity index (χ1) is 11.2. The van der Waals surface area contributed by atoms with Gasteiger partial charge in [-0.05, 0) is 24.3 Å². The topological polar surface area (TPSA) is 56.9 Å². The normalized spacial score (nSPS) is 12.0. The van der Waals surface area contributed by atoms with Gasteiger partial charge in [0.25, 0.3) is 5.56 Å². The zero-order valence-electron chi connectivity index (χ0n) is 12.1. The number of aromatic nitrogens is 3. The summed E-state index contributed by atoms with van der Waals surface area (Å²) in [5, 5.41) is -0.0623. The zero-order chi connectivity index (χ0) is 17.6. The molecule has 0 aliphatic rings. The van der Waals surface area contributed by atoms with E-state index in [0.717, 1.165) is 21.3 Å². The Labute approximate surface area is 141 Å². The Morgan fingerprint density at radius 3 is 2.50 bits per heavy atom. The van der Waals surface area contributed by atoms with Crippen LogP contribution >= 0.6 is 22.9 Å². The molecule has 0 bridgehead atoms. The van der Waals surface area contributed by atoms with Crippen LogP contribution in [0, 0.1) is 0 Å². The smallest absolute Gasteiger partial charge is 0.280 e. The Hall–Kier alpha value is -2.13. The molecule has 0 saturated carbocycles. The van der Waals surface area contributed by atoms with Gasteiger partial charge >= 0.3 is 11.9 Å². The highest BCUT2D eigenvalue weighted by Gasteiger charge is 2.33. The Balaban J connectivity index is 2.23. The van der Waals surface area contributed by atoms with Gasteiger partial charge in [0.15, 0.2) is 0 Å². The van der Waals surface area contributed by atoms with Gasteiger partial charge in [-0.3, -0.25) is 13.9 Å². The van der Waals surface area contributed by atoms with Crippen molar-refractivity contribution in [1.82, 2.24) is 14.1 Å². The molecule has 0 unspecified atom stereocenters. The van der Waals surface area contributed by atoms with Crippen LogP contribution in [0.1, 0.15) is 10.6 Å². The quantitative estimate of drug-likeness (QED) is 0.692. The minimum Gasteiger partial charge on any atom is -0.280 e. The molecule has 126 valence electrons. The van der Waals surface area contributed by atoms with Crippen molar-refractivity contribution in [3.63, 3.8) is 0 Å². The maximum Gasteiger partial charge on any atom is 0.433 e. The van der Waals surface area contributed by atoms with Crippen molar-refractivity contribution in [1.29, 1.82) is 0 Å². The molecule has 0 aliphatic heterocycles. The van der Waals surface area contributed by atoms with Crippen LogP contribution < -0.4 is 11.2 Å². The largest absolute Gasteiger partial charge is 0.433 e. The van der Waals surface area contributed by atoms with Crippen molar-refractivity contribution in [3.05, 3.63) is 60.0 Å². The molecule has 0 radical (unpaired) electrons. The summed E-state index contributed by atoms with van der Waals surface area (Å²) in [6.07, 6.45) is -4.66. The van der Waals surface area contributed by atoms with E-state index in [1.807, 2.05) is 0 Å². The lowest BCUT2D eigenvalue weighted by Gasteiger charge is -2.11. The number of nitrogens with zero attached hydrogens (tertiary/aromatic N) is 3. The van der Waals surface area contributed by atoms with Crippen LogP contribution in [0.3, 0.4) is 0 Å². The highest BCUT2D eigenvalue weighted by atomic mass is 35.5. The van der Waals surface area contributed by atoms with Crippen molar-refractivity contribution in [2.75, 3.05) is 0 Å². The summed E-state index contributed by atoms with van der Waals surface area (Å²) >= 11 is 7.03. The molecule has 24 heavy (non-hydrogen) atoms. The van der Waals surface area contributed by atoms with Crippen molar-refractivity contribution < 1.29 is 13.2 Å². The molecule has 0 N–H and O–H groups in total. The Morgan fingerprint density at radius 1 is 1.21 bits per heavy atom. The first kappa shape index (κ1) is 16.7. The van der Waals surface area contributed by atoms with Gasteiger partial charge in [0.05, 0.1) is 16.3 Å². The minimum atomic E-state index is -4.66. The van der Waals surface area contributed by atoms with E-state index in [0.29, 0.717) is 9.21 Å². The van der Waals surface area contributed by atoms with Gasteiger partial charge in [-0.25, -0.2) is 9.78 Å². The molecular formula is C14H9ClF3N3O2S. The number of hydrogen-bond donors (Lipinski definition) is 0. The highest BCUT2D eigenvalue weighted by molar-refractivity contribution is 7.16. The number of thiophene rings is 1. The summed E-state index contributed by atoms with van der Waals surface area (Å²) in [5.74, 6) is 0. The molecule has 0 atom stereocenters. The molecular weight excluding hydrogens is 367 g/mol. The van der Waals surface area contributed by atoms with Crippen LogP contribution in [0.4, 0.5) is 13.2 Å². The summed E-state index contributed by atoms with van der Waals surface area (Å²) in [5.41, 5.74) is -2.91. The van der Waals surface area contributed by atoms with Gasteiger partial charge in [0.2, 0.25) is 0 Å². The molecule has 0 spiro atoms. The first-order valence-electron chi connectivity index (χ1n) is 6.60. The number of hydrogen-bond acceptors (Lipinski definition) is 4. The third-order valence-electron chi connectivity index (χ3n) is 3.42. The second kappa shape index (κ2) is 5.75. The van der Waals surface area contributed by atoms with Crippen molar-refractivity contribution >= 4 is 34.0 Å². The van der Waals surface area contributed by atoms with E-state index in [9.17, 15) is 22.8 Å². The van der Waals surface area contributed by atoms with E-state index < -0.39 is 23.1 Å². The van der Waals surface area contributed by atoms with E-state index in [1.54, 1.807) is 12.1 Å². The lowest BCUT2D eigenvalue weighted by atomic mass is 10.2. The van der Waals surface area contributed by atoms with E-state index in [2.05, 4.69) is 4.98 Å². The number of pyridine rings is 1. The molecule has 10 heteroatoms. The lowest BCUT2D eigenvalue weighted by molar-refractivity contribution is -0.141. The summed E-state index contributed by atoms with van der Waals surface area (Å²) in [4.78, 5) is 28.9. The third kappa shape index (κ3) is 2.84.